The van der Waals surface area contributed by atoms with E-state index in [9.17, 15) is 19.2 Å². The minimum atomic E-state index is -0.831. The minimum absolute atomic E-state index is 0.00343. The van der Waals surface area contributed by atoms with Crippen LogP contribution in [-0.4, -0.2) is 87.5 Å². The van der Waals surface area contributed by atoms with Crippen molar-refractivity contribution < 1.29 is 23.6 Å². The van der Waals surface area contributed by atoms with Crippen molar-refractivity contribution in [3.8, 4) is 0 Å². The number of benzene rings is 1. The van der Waals surface area contributed by atoms with Gasteiger partial charge >= 0.3 is 0 Å². The lowest BCUT2D eigenvalue weighted by atomic mass is 9.83. The molecule has 0 spiro atoms. The molecular weight excluding hydrogens is 589 g/mol. The number of carbonyl (C=O) groups is 4. The molecule has 3 aliphatic rings. The van der Waals surface area contributed by atoms with Gasteiger partial charge in [-0.2, -0.15) is 5.10 Å². The minimum Gasteiger partial charge on any atom is -0.344 e. The van der Waals surface area contributed by atoms with Crippen LogP contribution in [0.1, 0.15) is 87.7 Å². The number of hydrogen-bond donors (Lipinski definition) is 3. The molecule has 12 heteroatoms. The predicted octanol–water partition coefficient (Wildman–Crippen LogP) is 3.49. The topological polar surface area (TPSA) is 129 Å². The molecule has 250 valence electrons. The summed E-state index contributed by atoms with van der Waals surface area (Å²) in [5, 5.41) is 12.6. The number of aryl methyl sites for hydroxylation is 1. The van der Waals surface area contributed by atoms with Gasteiger partial charge in [0.1, 0.15) is 23.6 Å². The molecule has 1 aromatic heterocycles. The molecule has 2 aliphatic heterocycles. The molecular formula is C34H48FN7O4. The zero-order chi connectivity index (χ0) is 32.6. The first-order valence-electron chi connectivity index (χ1n) is 17.0. The molecule has 3 fully saturated rings. The summed E-state index contributed by atoms with van der Waals surface area (Å²) in [7, 11) is 0. The van der Waals surface area contributed by atoms with Crippen molar-refractivity contribution in [3.05, 3.63) is 47.5 Å². The van der Waals surface area contributed by atoms with Crippen LogP contribution in [0.5, 0.6) is 0 Å². The maximum atomic E-state index is 15.5. The van der Waals surface area contributed by atoms with Crippen LogP contribution in [0.2, 0.25) is 0 Å². The van der Waals surface area contributed by atoms with Crippen molar-refractivity contribution in [2.24, 2.45) is 5.92 Å². The molecule has 1 saturated carbocycles. The van der Waals surface area contributed by atoms with Gasteiger partial charge in [0.2, 0.25) is 17.7 Å². The van der Waals surface area contributed by atoms with Gasteiger partial charge in [0, 0.05) is 51.3 Å². The van der Waals surface area contributed by atoms with E-state index in [1.54, 1.807) is 29.9 Å². The Hall–Kier alpha value is -3.80. The molecule has 1 aliphatic carbocycles. The van der Waals surface area contributed by atoms with E-state index in [2.05, 4.69) is 25.9 Å². The Morgan fingerprint density at radius 1 is 0.957 bits per heavy atom. The summed E-state index contributed by atoms with van der Waals surface area (Å²) in [6.45, 7) is 7.24. The number of rotatable bonds is 11. The molecule has 3 N–H and O–H groups in total. The number of amides is 4. The summed E-state index contributed by atoms with van der Waals surface area (Å²) >= 11 is 0. The molecule has 11 nitrogen and oxygen atoms in total. The maximum absolute atomic E-state index is 15.5. The molecule has 5 rings (SSSR count). The summed E-state index contributed by atoms with van der Waals surface area (Å²) in [5.41, 5.74) is 0.898. The average Bonchev–Trinajstić information content (AvgIpc) is 3.57. The highest BCUT2D eigenvalue weighted by atomic mass is 19.1. The van der Waals surface area contributed by atoms with E-state index in [-0.39, 0.29) is 36.3 Å². The SMILES string of the molecule is CCC(=O)N[C@H](Cc1ccc(NC(=O)[C@@H](NC(=O)c2ccnn2CC)C2CCCCC2)c(F)c1)C(=O)N1CCN2CCCC[C@@H]2C1. The Morgan fingerprint density at radius 2 is 1.74 bits per heavy atom. The van der Waals surface area contributed by atoms with Crippen LogP contribution in [0.3, 0.4) is 0 Å². The van der Waals surface area contributed by atoms with Gasteiger partial charge < -0.3 is 20.9 Å². The fourth-order valence-corrected chi connectivity index (χ4v) is 7.16. The Balaban J connectivity index is 1.27. The Bertz CT molecular complexity index is 1390. The van der Waals surface area contributed by atoms with Crippen molar-refractivity contribution >= 4 is 29.3 Å². The van der Waals surface area contributed by atoms with Crippen LogP contribution >= 0.6 is 0 Å². The summed E-state index contributed by atoms with van der Waals surface area (Å²) in [6, 6.07) is 4.77. The first-order chi connectivity index (χ1) is 22.3. The highest BCUT2D eigenvalue weighted by Gasteiger charge is 2.35. The first kappa shape index (κ1) is 33.6. The standard InChI is InChI=1S/C34H48FN7O4/c1-3-30(43)37-28(34(46)41-19-18-40-17-9-8-12-25(40)22-41)21-23-13-14-27(26(35)20-23)38-33(45)31(24-10-6-5-7-11-24)39-32(44)29-15-16-36-42(29)4-2/h13-16,20,24-25,28,31H,3-12,17-19,21-22H2,1-2H3,(H,37,43)(H,38,45)(H,39,44)/t25-,28-,31+/m1/s1. The number of anilines is 1. The molecule has 2 saturated heterocycles. The molecule has 4 amide bonds. The van der Waals surface area contributed by atoms with Crippen LogP contribution in [0, 0.1) is 11.7 Å². The molecule has 46 heavy (non-hydrogen) atoms. The fourth-order valence-electron chi connectivity index (χ4n) is 7.16. The van der Waals surface area contributed by atoms with E-state index in [0.29, 0.717) is 36.9 Å². The summed E-state index contributed by atoms with van der Waals surface area (Å²) in [6.07, 6.45) is 9.90. The largest absolute Gasteiger partial charge is 0.344 e. The van der Waals surface area contributed by atoms with Crippen LogP contribution in [0.15, 0.2) is 30.5 Å². The van der Waals surface area contributed by atoms with Gasteiger partial charge in [-0.1, -0.05) is 38.7 Å². The average molecular weight is 638 g/mol. The van der Waals surface area contributed by atoms with Crippen LogP contribution in [0.4, 0.5) is 10.1 Å². The van der Waals surface area contributed by atoms with E-state index in [1.807, 2.05) is 11.8 Å². The van der Waals surface area contributed by atoms with Crippen molar-refractivity contribution in [2.45, 2.75) is 103 Å². The highest BCUT2D eigenvalue weighted by molar-refractivity contribution is 6.00. The number of hydrogen-bond acceptors (Lipinski definition) is 6. The third kappa shape index (κ3) is 8.12. The molecule has 0 radical (unpaired) electrons. The molecule has 1 aromatic carbocycles. The summed E-state index contributed by atoms with van der Waals surface area (Å²) < 4.78 is 17.1. The number of piperazine rings is 1. The first-order valence-corrected chi connectivity index (χ1v) is 17.0. The smallest absolute Gasteiger partial charge is 0.270 e. The third-order valence-electron chi connectivity index (χ3n) is 9.77. The number of piperidine rings is 1. The number of nitrogens with zero attached hydrogens (tertiary/aromatic N) is 4. The Kier molecular flexibility index (Phi) is 11.4. The van der Waals surface area contributed by atoms with E-state index in [0.717, 1.165) is 58.0 Å². The lowest BCUT2D eigenvalue weighted by Crippen LogP contribution is -2.59. The Morgan fingerprint density at radius 3 is 2.48 bits per heavy atom. The second-order valence-corrected chi connectivity index (χ2v) is 12.8. The second kappa shape index (κ2) is 15.7. The van der Waals surface area contributed by atoms with Crippen LogP contribution in [-0.2, 0) is 27.3 Å². The van der Waals surface area contributed by atoms with E-state index >= 15 is 4.39 Å². The van der Waals surface area contributed by atoms with Crippen molar-refractivity contribution in [3.63, 3.8) is 0 Å². The third-order valence-corrected chi connectivity index (χ3v) is 9.77. The number of carbonyl (C=O) groups excluding carboxylic acids is 4. The lowest BCUT2D eigenvalue weighted by molar-refractivity contribution is -0.139. The van der Waals surface area contributed by atoms with Gasteiger partial charge in [-0.15, -0.1) is 0 Å². The number of halogens is 1. The number of fused-ring (bicyclic) bond motifs is 1. The van der Waals surface area contributed by atoms with E-state index in [1.165, 1.54) is 18.6 Å². The summed E-state index contributed by atoms with van der Waals surface area (Å²) in [4.78, 5) is 57.1. The monoisotopic (exact) mass is 637 g/mol. The van der Waals surface area contributed by atoms with Crippen LogP contribution < -0.4 is 16.0 Å². The summed E-state index contributed by atoms with van der Waals surface area (Å²) in [5.74, 6) is -1.97. The second-order valence-electron chi connectivity index (χ2n) is 12.8. The zero-order valence-electron chi connectivity index (χ0n) is 27.1. The van der Waals surface area contributed by atoms with Gasteiger partial charge in [0.05, 0.1) is 5.69 Å². The van der Waals surface area contributed by atoms with Gasteiger partial charge in [-0.25, -0.2) is 4.39 Å². The molecule has 3 atom stereocenters. The zero-order valence-corrected chi connectivity index (χ0v) is 27.1. The normalized spacial score (nSPS) is 20.3. The fraction of sp³-hybridized carbons (Fsp3) is 0.618. The van der Waals surface area contributed by atoms with Crippen molar-refractivity contribution in [2.75, 3.05) is 31.5 Å². The van der Waals surface area contributed by atoms with Crippen molar-refractivity contribution in [1.29, 1.82) is 0 Å². The van der Waals surface area contributed by atoms with Gasteiger partial charge in [0.15, 0.2) is 0 Å². The lowest BCUT2D eigenvalue weighted by Gasteiger charge is -2.44. The Labute approximate surface area is 270 Å². The highest BCUT2D eigenvalue weighted by Crippen LogP contribution is 2.28. The number of nitrogens with one attached hydrogen (secondary N) is 3. The van der Waals surface area contributed by atoms with Crippen LogP contribution in [0.25, 0.3) is 0 Å². The van der Waals surface area contributed by atoms with Gasteiger partial charge in [-0.3, -0.25) is 28.8 Å². The van der Waals surface area contributed by atoms with Gasteiger partial charge in [0.25, 0.3) is 5.91 Å². The quantitative estimate of drug-likeness (QED) is 0.346. The number of aromatic nitrogens is 2. The maximum Gasteiger partial charge on any atom is 0.270 e. The molecule has 3 heterocycles. The molecule has 0 unspecified atom stereocenters. The van der Waals surface area contributed by atoms with E-state index in [4.69, 9.17) is 0 Å². The van der Waals surface area contributed by atoms with Crippen molar-refractivity contribution in [1.82, 2.24) is 30.2 Å². The van der Waals surface area contributed by atoms with E-state index < -0.39 is 29.7 Å². The molecule has 0 bridgehead atoms. The molecule has 2 aromatic rings. The predicted molar refractivity (Wildman–Crippen MR) is 172 cm³/mol. The van der Waals surface area contributed by atoms with Gasteiger partial charge in [-0.05, 0) is 68.8 Å².